The smallest absolute Gasteiger partial charge is 0.125 e. The zero-order chi connectivity index (χ0) is 9.35. The quantitative estimate of drug-likeness (QED) is 0.653. The molecule has 70 valence electrons. The van der Waals surface area contributed by atoms with Gasteiger partial charge in [-0.25, -0.2) is 0 Å². The van der Waals surface area contributed by atoms with Gasteiger partial charge in [-0.15, -0.1) is 0 Å². The molecule has 1 atom stereocenters. The number of allylic oxidation sites excluding steroid dienone is 1. The summed E-state index contributed by atoms with van der Waals surface area (Å²) in [5.74, 6) is 1.06. The van der Waals surface area contributed by atoms with E-state index in [9.17, 15) is 0 Å². The summed E-state index contributed by atoms with van der Waals surface area (Å²) in [6.45, 7) is 8.59. The largest absolute Gasteiger partial charge is 0.492 e. The van der Waals surface area contributed by atoms with Gasteiger partial charge in [-0.3, -0.25) is 0 Å². The Kier molecular flexibility index (Phi) is 2.47. The first-order valence-corrected chi connectivity index (χ1v) is 4.43. The van der Waals surface area contributed by atoms with Crippen LogP contribution in [0.15, 0.2) is 11.3 Å². The molecule has 1 N–H and O–H groups in total. The average Bonchev–Trinajstić information content (AvgIpc) is 2.29. The summed E-state index contributed by atoms with van der Waals surface area (Å²) >= 11 is 0. The predicted molar refractivity (Wildman–Crippen MR) is 48.7 cm³/mol. The van der Waals surface area contributed by atoms with Crippen LogP contribution in [-0.2, 0) is 4.74 Å². The lowest BCUT2D eigenvalue weighted by Crippen LogP contribution is -2.16. The van der Waals surface area contributed by atoms with Crippen molar-refractivity contribution < 1.29 is 9.84 Å². The van der Waals surface area contributed by atoms with E-state index in [1.807, 2.05) is 0 Å². The average molecular weight is 170 g/mol. The highest BCUT2D eigenvalue weighted by molar-refractivity contribution is 5.17. The van der Waals surface area contributed by atoms with Gasteiger partial charge in [-0.2, -0.15) is 0 Å². The molecule has 2 nitrogen and oxygen atoms in total. The maximum atomic E-state index is 8.92. The van der Waals surface area contributed by atoms with E-state index in [1.54, 1.807) is 0 Å². The van der Waals surface area contributed by atoms with Gasteiger partial charge in [-0.05, 0) is 12.5 Å². The van der Waals surface area contributed by atoms with E-state index in [4.69, 9.17) is 9.84 Å². The second kappa shape index (κ2) is 3.09. The number of hydrogen-bond acceptors (Lipinski definition) is 2. The molecule has 0 radical (unpaired) electrons. The molecule has 1 rings (SSSR count). The SMILES string of the molecule is CC1=C(C(C)(C)C)OC(CO)C1. The van der Waals surface area contributed by atoms with E-state index < -0.39 is 0 Å². The molecule has 0 spiro atoms. The van der Waals surface area contributed by atoms with Crippen molar-refractivity contribution in [1.82, 2.24) is 0 Å². The zero-order valence-electron chi connectivity index (χ0n) is 8.35. The second-order valence-electron chi connectivity index (χ2n) is 4.49. The molecule has 0 saturated heterocycles. The summed E-state index contributed by atoms with van der Waals surface area (Å²) in [6.07, 6.45) is 0.877. The fraction of sp³-hybridized carbons (Fsp3) is 0.800. The molecule has 0 fully saturated rings. The molecule has 0 bridgehead atoms. The van der Waals surface area contributed by atoms with Gasteiger partial charge in [0.05, 0.1) is 6.61 Å². The van der Waals surface area contributed by atoms with Crippen molar-refractivity contribution in [2.24, 2.45) is 5.41 Å². The minimum atomic E-state index is -0.000718. The summed E-state index contributed by atoms with van der Waals surface area (Å²) in [7, 11) is 0. The first-order valence-electron chi connectivity index (χ1n) is 4.43. The molecule has 1 aliphatic rings. The maximum absolute atomic E-state index is 8.92. The van der Waals surface area contributed by atoms with Gasteiger partial charge in [0, 0.05) is 11.8 Å². The van der Waals surface area contributed by atoms with E-state index in [2.05, 4.69) is 27.7 Å². The summed E-state index contributed by atoms with van der Waals surface area (Å²) < 4.78 is 5.62. The molecule has 0 aromatic heterocycles. The van der Waals surface area contributed by atoms with Crippen LogP contribution in [0.2, 0.25) is 0 Å². The molecule has 0 saturated carbocycles. The minimum absolute atomic E-state index is 0.000718. The van der Waals surface area contributed by atoms with Crippen molar-refractivity contribution in [3.63, 3.8) is 0 Å². The lowest BCUT2D eigenvalue weighted by Gasteiger charge is -2.22. The Hall–Kier alpha value is -0.500. The van der Waals surface area contributed by atoms with Crippen molar-refractivity contribution >= 4 is 0 Å². The molecule has 1 aliphatic heterocycles. The zero-order valence-corrected chi connectivity index (χ0v) is 8.35. The monoisotopic (exact) mass is 170 g/mol. The first-order chi connectivity index (χ1) is 5.45. The van der Waals surface area contributed by atoms with Gasteiger partial charge in [0.1, 0.15) is 11.9 Å². The highest BCUT2D eigenvalue weighted by Gasteiger charge is 2.30. The van der Waals surface area contributed by atoms with Crippen molar-refractivity contribution in [3.8, 4) is 0 Å². The summed E-state index contributed by atoms with van der Waals surface area (Å²) in [6, 6.07) is 0. The molecule has 1 heterocycles. The third-order valence-electron chi connectivity index (χ3n) is 2.09. The molecule has 0 aromatic rings. The Bertz CT molecular complexity index is 198. The summed E-state index contributed by atoms with van der Waals surface area (Å²) in [4.78, 5) is 0. The van der Waals surface area contributed by atoms with E-state index >= 15 is 0 Å². The summed E-state index contributed by atoms with van der Waals surface area (Å²) in [5, 5.41) is 8.92. The number of aliphatic hydroxyl groups excluding tert-OH is 1. The Morgan fingerprint density at radius 3 is 2.33 bits per heavy atom. The molecular formula is C10H18O2. The van der Waals surface area contributed by atoms with E-state index in [0.717, 1.165) is 12.2 Å². The number of hydrogen-bond donors (Lipinski definition) is 1. The van der Waals surface area contributed by atoms with Crippen molar-refractivity contribution in [2.45, 2.75) is 40.2 Å². The molecular weight excluding hydrogens is 152 g/mol. The minimum Gasteiger partial charge on any atom is -0.492 e. The molecule has 0 aromatic carbocycles. The van der Waals surface area contributed by atoms with Crippen LogP contribution >= 0.6 is 0 Å². The summed E-state index contributed by atoms with van der Waals surface area (Å²) in [5.41, 5.74) is 1.36. The van der Waals surface area contributed by atoms with Crippen LogP contribution in [-0.4, -0.2) is 17.8 Å². The van der Waals surface area contributed by atoms with Crippen LogP contribution in [0.25, 0.3) is 0 Å². The lowest BCUT2D eigenvalue weighted by atomic mass is 9.91. The Morgan fingerprint density at radius 1 is 1.50 bits per heavy atom. The first kappa shape index (κ1) is 9.59. The third-order valence-corrected chi connectivity index (χ3v) is 2.09. The van der Waals surface area contributed by atoms with Crippen molar-refractivity contribution in [2.75, 3.05) is 6.61 Å². The van der Waals surface area contributed by atoms with Gasteiger partial charge in [0.2, 0.25) is 0 Å². The highest BCUT2D eigenvalue weighted by Crippen LogP contribution is 2.36. The van der Waals surface area contributed by atoms with Crippen molar-refractivity contribution in [3.05, 3.63) is 11.3 Å². The van der Waals surface area contributed by atoms with Gasteiger partial charge >= 0.3 is 0 Å². The van der Waals surface area contributed by atoms with Crippen LogP contribution in [0.1, 0.15) is 34.1 Å². The van der Waals surface area contributed by atoms with E-state index in [1.165, 1.54) is 5.57 Å². The topological polar surface area (TPSA) is 29.5 Å². The molecule has 12 heavy (non-hydrogen) atoms. The Labute approximate surface area is 74.2 Å². The Morgan fingerprint density at radius 2 is 2.08 bits per heavy atom. The Balaban J connectivity index is 2.73. The number of rotatable bonds is 1. The molecule has 1 unspecified atom stereocenters. The molecule has 0 amide bonds. The van der Waals surface area contributed by atoms with Crippen LogP contribution in [0, 0.1) is 5.41 Å². The lowest BCUT2D eigenvalue weighted by molar-refractivity contribution is 0.0555. The van der Waals surface area contributed by atoms with Crippen LogP contribution < -0.4 is 0 Å². The fourth-order valence-electron chi connectivity index (χ4n) is 1.66. The molecule has 0 aliphatic carbocycles. The predicted octanol–water partition coefficient (Wildman–Crippen LogP) is 2.09. The normalized spacial score (nSPS) is 24.6. The van der Waals surface area contributed by atoms with Gasteiger partial charge < -0.3 is 9.84 Å². The molecule has 2 heteroatoms. The highest BCUT2D eigenvalue weighted by atomic mass is 16.5. The standard InChI is InChI=1S/C10H18O2/c1-7-5-8(6-11)12-9(7)10(2,3)4/h8,11H,5-6H2,1-4H3. The number of aliphatic hydroxyl groups is 1. The van der Waals surface area contributed by atoms with E-state index in [-0.39, 0.29) is 18.1 Å². The van der Waals surface area contributed by atoms with Gasteiger partial charge in [0.15, 0.2) is 0 Å². The van der Waals surface area contributed by atoms with Gasteiger partial charge in [0.25, 0.3) is 0 Å². The van der Waals surface area contributed by atoms with Crippen LogP contribution in [0.4, 0.5) is 0 Å². The number of ether oxygens (including phenoxy) is 1. The van der Waals surface area contributed by atoms with Crippen LogP contribution in [0.3, 0.4) is 0 Å². The van der Waals surface area contributed by atoms with E-state index in [0.29, 0.717) is 0 Å². The maximum Gasteiger partial charge on any atom is 0.125 e. The fourth-order valence-corrected chi connectivity index (χ4v) is 1.66. The van der Waals surface area contributed by atoms with Crippen molar-refractivity contribution in [1.29, 1.82) is 0 Å². The van der Waals surface area contributed by atoms with Crippen LogP contribution in [0.5, 0.6) is 0 Å². The third kappa shape index (κ3) is 1.81. The second-order valence-corrected chi connectivity index (χ2v) is 4.49. The van der Waals surface area contributed by atoms with Gasteiger partial charge in [-0.1, -0.05) is 20.8 Å².